The van der Waals surface area contributed by atoms with E-state index in [2.05, 4.69) is 0 Å². The number of carbonyl (C=O) groups excluding carboxylic acids is 4. The molecule has 0 fully saturated rings. The zero-order valence-corrected chi connectivity index (χ0v) is 15.3. The highest BCUT2D eigenvalue weighted by Gasteiger charge is 2.27. The summed E-state index contributed by atoms with van der Waals surface area (Å²) in [5.74, 6) is -2.04. The molecule has 0 radical (unpaired) electrons. The quantitative estimate of drug-likeness (QED) is 0.361. The van der Waals surface area contributed by atoms with Crippen LogP contribution < -0.4 is 0 Å². The van der Waals surface area contributed by atoms with Crippen LogP contribution >= 0.6 is 0 Å². The van der Waals surface area contributed by atoms with Gasteiger partial charge in [-0.25, -0.2) is 4.79 Å². The van der Waals surface area contributed by atoms with Gasteiger partial charge in [0.15, 0.2) is 0 Å². The van der Waals surface area contributed by atoms with E-state index in [1.54, 1.807) is 25.2 Å². The van der Waals surface area contributed by atoms with Gasteiger partial charge in [-0.2, -0.15) is 0 Å². The van der Waals surface area contributed by atoms with Gasteiger partial charge in [-0.15, -0.1) is 0 Å². The summed E-state index contributed by atoms with van der Waals surface area (Å²) < 4.78 is 20.6. The van der Waals surface area contributed by atoms with Crippen LogP contribution in [0.5, 0.6) is 0 Å². The lowest BCUT2D eigenvalue weighted by atomic mass is 10.1. The van der Waals surface area contributed by atoms with Crippen molar-refractivity contribution in [3.63, 3.8) is 0 Å². The largest absolute Gasteiger partial charge is 0.459 e. The van der Waals surface area contributed by atoms with E-state index >= 15 is 0 Å². The van der Waals surface area contributed by atoms with Crippen molar-refractivity contribution in [2.24, 2.45) is 0 Å². The lowest BCUT2D eigenvalue weighted by Crippen LogP contribution is -2.36. The van der Waals surface area contributed by atoms with Crippen molar-refractivity contribution in [1.29, 1.82) is 0 Å². The van der Waals surface area contributed by atoms with Crippen LogP contribution in [0.3, 0.4) is 0 Å². The summed E-state index contributed by atoms with van der Waals surface area (Å²) in [4.78, 5) is 45.1. The van der Waals surface area contributed by atoms with Gasteiger partial charge < -0.3 is 18.9 Å². The molecule has 0 aliphatic carbocycles. The highest BCUT2D eigenvalue weighted by molar-refractivity contribution is 5.82. The van der Waals surface area contributed by atoms with Crippen LogP contribution in [0.15, 0.2) is 24.3 Å². The van der Waals surface area contributed by atoms with Gasteiger partial charge >= 0.3 is 23.9 Å². The van der Waals surface area contributed by atoms with Gasteiger partial charge in [0.25, 0.3) is 0 Å². The molecular formula is C18H24O8. The Morgan fingerprint density at radius 1 is 1.15 bits per heavy atom. The third-order valence-electron chi connectivity index (χ3n) is 3.40. The fourth-order valence-electron chi connectivity index (χ4n) is 2.40. The minimum absolute atomic E-state index is 0.0839. The van der Waals surface area contributed by atoms with Crippen LogP contribution in [0, 0.1) is 0 Å². The summed E-state index contributed by atoms with van der Waals surface area (Å²) in [7, 11) is 0. The maximum atomic E-state index is 11.4. The van der Waals surface area contributed by atoms with Crippen LogP contribution in [-0.2, 0) is 38.1 Å². The molecule has 8 nitrogen and oxygen atoms in total. The van der Waals surface area contributed by atoms with Crippen LogP contribution in [0.25, 0.3) is 0 Å². The maximum absolute atomic E-state index is 11.4. The fourth-order valence-corrected chi connectivity index (χ4v) is 2.40. The fraction of sp³-hybridized carbons (Fsp3) is 0.556. The Hall–Kier alpha value is -2.64. The Kier molecular flexibility index (Phi) is 8.54. The molecule has 8 heteroatoms. The van der Waals surface area contributed by atoms with Gasteiger partial charge in [-0.3, -0.25) is 14.4 Å². The standard InChI is InChI=1S/C18H24O8/c1-11(23-12(2)19)17(25-14(4)21)10-16(24-13(3)20)9-8-15-6-5-7-18(22)26-15/h5,7-9,11,15-17H,6,10H2,1-4H3/t11-,15+,16+,17+/m0/s1. The Bertz CT molecular complexity index is 592. The predicted molar refractivity (Wildman–Crippen MR) is 89.7 cm³/mol. The topological polar surface area (TPSA) is 105 Å². The Labute approximate surface area is 152 Å². The lowest BCUT2D eigenvalue weighted by Gasteiger charge is -2.26. The van der Waals surface area contributed by atoms with Gasteiger partial charge in [0.05, 0.1) is 0 Å². The van der Waals surface area contributed by atoms with E-state index in [0.717, 1.165) is 0 Å². The van der Waals surface area contributed by atoms with Gasteiger partial charge in [0.2, 0.25) is 0 Å². The average molecular weight is 368 g/mol. The molecule has 0 aromatic carbocycles. The first-order valence-electron chi connectivity index (χ1n) is 8.24. The second kappa shape index (κ2) is 10.4. The Morgan fingerprint density at radius 3 is 2.31 bits per heavy atom. The number of rotatable bonds is 8. The van der Waals surface area contributed by atoms with Gasteiger partial charge in [0, 0.05) is 39.7 Å². The average Bonchev–Trinajstić information content (AvgIpc) is 2.50. The zero-order valence-electron chi connectivity index (χ0n) is 15.3. The van der Waals surface area contributed by atoms with Crippen LogP contribution in [0.4, 0.5) is 0 Å². The van der Waals surface area contributed by atoms with Gasteiger partial charge in [-0.1, -0.05) is 6.08 Å². The first-order chi connectivity index (χ1) is 12.2. The lowest BCUT2D eigenvalue weighted by molar-refractivity contribution is -0.167. The Balaban J connectivity index is 2.84. The molecule has 0 bridgehead atoms. The van der Waals surface area contributed by atoms with Crippen molar-refractivity contribution < 1.29 is 38.1 Å². The number of ether oxygens (including phenoxy) is 4. The first-order valence-corrected chi connectivity index (χ1v) is 8.24. The first kappa shape index (κ1) is 21.4. The molecule has 4 atom stereocenters. The summed E-state index contributed by atoms with van der Waals surface area (Å²) in [6.45, 7) is 5.31. The van der Waals surface area contributed by atoms with Crippen LogP contribution in [0.2, 0.25) is 0 Å². The van der Waals surface area contributed by atoms with Crippen molar-refractivity contribution in [3.05, 3.63) is 24.3 Å². The minimum Gasteiger partial charge on any atom is -0.459 e. The number of carbonyl (C=O) groups is 4. The maximum Gasteiger partial charge on any atom is 0.331 e. The van der Waals surface area contributed by atoms with E-state index in [1.807, 2.05) is 0 Å². The summed E-state index contributed by atoms with van der Waals surface area (Å²) >= 11 is 0. The summed E-state index contributed by atoms with van der Waals surface area (Å²) in [5.41, 5.74) is 0. The second-order valence-corrected chi connectivity index (χ2v) is 5.84. The molecule has 0 spiro atoms. The van der Waals surface area contributed by atoms with Crippen molar-refractivity contribution in [1.82, 2.24) is 0 Å². The number of hydrogen-bond acceptors (Lipinski definition) is 8. The molecule has 1 aliphatic rings. The van der Waals surface area contributed by atoms with Crippen LogP contribution in [0.1, 0.15) is 40.5 Å². The highest BCUT2D eigenvalue weighted by Crippen LogP contribution is 2.17. The zero-order chi connectivity index (χ0) is 19.7. The van der Waals surface area contributed by atoms with Crippen molar-refractivity contribution in [3.8, 4) is 0 Å². The molecule has 0 unspecified atom stereocenters. The molecular weight excluding hydrogens is 344 g/mol. The van der Waals surface area contributed by atoms with E-state index in [0.29, 0.717) is 6.42 Å². The van der Waals surface area contributed by atoms with Crippen molar-refractivity contribution >= 4 is 23.9 Å². The normalized spacial score (nSPS) is 20.0. The van der Waals surface area contributed by atoms with Gasteiger partial charge in [0.1, 0.15) is 24.4 Å². The summed E-state index contributed by atoms with van der Waals surface area (Å²) in [6.07, 6.45) is 4.04. The predicted octanol–water partition coefficient (Wildman–Crippen LogP) is 1.62. The monoisotopic (exact) mass is 368 g/mol. The Morgan fingerprint density at radius 2 is 1.77 bits per heavy atom. The molecule has 0 N–H and O–H groups in total. The molecule has 0 saturated heterocycles. The van der Waals surface area contributed by atoms with E-state index in [-0.39, 0.29) is 6.42 Å². The van der Waals surface area contributed by atoms with E-state index < -0.39 is 48.3 Å². The van der Waals surface area contributed by atoms with E-state index in [1.165, 1.54) is 26.8 Å². The number of esters is 4. The van der Waals surface area contributed by atoms with E-state index in [9.17, 15) is 19.2 Å². The summed E-state index contributed by atoms with van der Waals surface area (Å²) in [5, 5.41) is 0. The molecule has 1 heterocycles. The molecule has 1 aliphatic heterocycles. The number of hydrogen-bond donors (Lipinski definition) is 0. The SMILES string of the molecule is CC(=O)O[C@H](C=C[C@H]1CC=CC(=O)O1)C[C@@H](OC(C)=O)[C@H](C)OC(C)=O. The van der Waals surface area contributed by atoms with Gasteiger partial charge in [-0.05, 0) is 19.1 Å². The van der Waals surface area contributed by atoms with Crippen molar-refractivity contribution in [2.75, 3.05) is 0 Å². The third-order valence-corrected chi connectivity index (χ3v) is 3.40. The third kappa shape index (κ3) is 8.46. The smallest absolute Gasteiger partial charge is 0.331 e. The van der Waals surface area contributed by atoms with E-state index in [4.69, 9.17) is 18.9 Å². The number of cyclic esters (lactones) is 1. The molecule has 0 aromatic rings. The molecule has 1 rings (SSSR count). The van der Waals surface area contributed by atoms with Crippen LogP contribution in [-0.4, -0.2) is 48.3 Å². The molecule has 0 aromatic heterocycles. The summed E-state index contributed by atoms with van der Waals surface area (Å²) in [6, 6.07) is 0. The highest BCUT2D eigenvalue weighted by atomic mass is 16.6. The second-order valence-electron chi connectivity index (χ2n) is 5.84. The molecule has 144 valence electrons. The molecule has 0 saturated carbocycles. The molecule has 0 amide bonds. The molecule has 26 heavy (non-hydrogen) atoms. The minimum atomic E-state index is -0.806. The van der Waals surface area contributed by atoms with Crippen molar-refractivity contribution in [2.45, 2.75) is 65.0 Å².